The largest absolute Gasteiger partial charge is 0.422 e. The summed E-state index contributed by atoms with van der Waals surface area (Å²) >= 11 is 0. The molecule has 3 aromatic rings. The molecule has 7 heteroatoms. The minimum absolute atomic E-state index is 0.220. The lowest BCUT2D eigenvalue weighted by Gasteiger charge is -2.45. The standard InChI is InChI=1S/C27H29N5O2/c28-25-30-26(29)32(27(31-25)12-4-1-5-13-27)21-11-10-20-15-22(24(33)34-23(20)16-21)19-9-8-17-6-2-3-7-18(17)14-19/h8-11,14-16H,1-7,12-13H2,(H4,28,29,30,31). The van der Waals surface area contributed by atoms with E-state index in [1.807, 2.05) is 35.2 Å². The number of hydrogen-bond donors (Lipinski definition) is 2. The van der Waals surface area contributed by atoms with Gasteiger partial charge < -0.3 is 15.9 Å². The summed E-state index contributed by atoms with van der Waals surface area (Å²) < 4.78 is 5.83. The third kappa shape index (κ3) is 3.47. The van der Waals surface area contributed by atoms with Crippen LogP contribution in [0, 0.1) is 0 Å². The molecule has 1 spiro atoms. The van der Waals surface area contributed by atoms with E-state index in [2.05, 4.69) is 17.1 Å². The molecule has 0 bridgehead atoms. The van der Waals surface area contributed by atoms with Gasteiger partial charge in [0, 0.05) is 11.5 Å². The Hall–Kier alpha value is -3.61. The smallest absolute Gasteiger partial charge is 0.344 e. The lowest BCUT2D eigenvalue weighted by atomic mass is 9.87. The molecule has 0 amide bonds. The van der Waals surface area contributed by atoms with E-state index in [9.17, 15) is 4.79 Å². The third-order valence-electron chi connectivity index (χ3n) is 7.49. The summed E-state index contributed by atoms with van der Waals surface area (Å²) in [6.07, 6.45) is 9.58. The number of rotatable bonds is 2. The zero-order valence-corrected chi connectivity index (χ0v) is 19.2. The van der Waals surface area contributed by atoms with Crippen molar-refractivity contribution in [3.8, 4) is 11.1 Å². The molecule has 0 radical (unpaired) electrons. The number of benzene rings is 2. The molecular weight excluding hydrogens is 426 g/mol. The average molecular weight is 456 g/mol. The first-order chi connectivity index (χ1) is 16.5. The van der Waals surface area contributed by atoms with E-state index in [0.717, 1.165) is 55.2 Å². The van der Waals surface area contributed by atoms with Crippen LogP contribution in [0.3, 0.4) is 0 Å². The Kier molecular flexibility index (Phi) is 4.94. The van der Waals surface area contributed by atoms with Crippen LogP contribution < -0.4 is 22.0 Å². The second-order valence-corrected chi connectivity index (χ2v) is 9.68. The SMILES string of the molecule is NC1=NC2(CCCCC2)N(c2ccc3cc(-c4ccc5c(c4)CCCC5)c(=O)oc3c2)C(N)=N1. The van der Waals surface area contributed by atoms with Crippen LogP contribution in [0.5, 0.6) is 0 Å². The van der Waals surface area contributed by atoms with Crippen LogP contribution in [0.4, 0.5) is 5.69 Å². The highest BCUT2D eigenvalue weighted by Gasteiger charge is 2.42. The van der Waals surface area contributed by atoms with Gasteiger partial charge in [-0.1, -0.05) is 24.6 Å². The topological polar surface area (TPSA) is 110 Å². The first-order valence-corrected chi connectivity index (χ1v) is 12.2. The van der Waals surface area contributed by atoms with E-state index in [-0.39, 0.29) is 11.6 Å². The van der Waals surface area contributed by atoms with Gasteiger partial charge in [-0.15, -0.1) is 0 Å². The van der Waals surface area contributed by atoms with Crippen LogP contribution >= 0.6 is 0 Å². The molecule has 7 nitrogen and oxygen atoms in total. The number of nitrogens with two attached hydrogens (primary N) is 2. The molecule has 1 saturated carbocycles. The minimum atomic E-state index is -0.536. The average Bonchev–Trinajstić information content (AvgIpc) is 2.83. The van der Waals surface area contributed by atoms with Crippen molar-refractivity contribution in [1.82, 2.24) is 0 Å². The van der Waals surface area contributed by atoms with Crippen LogP contribution in [0.15, 0.2) is 61.7 Å². The van der Waals surface area contributed by atoms with Crippen molar-refractivity contribution >= 4 is 28.6 Å². The Morgan fingerprint density at radius 2 is 1.68 bits per heavy atom. The van der Waals surface area contributed by atoms with E-state index in [0.29, 0.717) is 17.1 Å². The molecule has 2 aliphatic carbocycles. The summed E-state index contributed by atoms with van der Waals surface area (Å²) in [5, 5.41) is 0.865. The minimum Gasteiger partial charge on any atom is -0.422 e. The Morgan fingerprint density at radius 3 is 2.50 bits per heavy atom. The molecule has 2 heterocycles. The summed E-state index contributed by atoms with van der Waals surface area (Å²) in [6, 6.07) is 14.1. The number of hydrogen-bond acceptors (Lipinski definition) is 7. The monoisotopic (exact) mass is 455 g/mol. The highest BCUT2D eigenvalue weighted by molar-refractivity contribution is 6.06. The quantitative estimate of drug-likeness (QED) is 0.555. The predicted molar refractivity (Wildman–Crippen MR) is 136 cm³/mol. The number of aryl methyl sites for hydroxylation is 2. The molecule has 0 saturated heterocycles. The van der Waals surface area contributed by atoms with E-state index in [1.54, 1.807) is 0 Å². The van der Waals surface area contributed by atoms with Crippen molar-refractivity contribution in [2.24, 2.45) is 21.5 Å². The molecule has 3 aliphatic rings. The predicted octanol–water partition coefficient (Wildman–Crippen LogP) is 4.45. The van der Waals surface area contributed by atoms with E-state index >= 15 is 0 Å². The molecule has 34 heavy (non-hydrogen) atoms. The summed E-state index contributed by atoms with van der Waals surface area (Å²) in [7, 11) is 0. The summed E-state index contributed by atoms with van der Waals surface area (Å²) in [4.78, 5) is 23.9. The number of fused-ring (bicyclic) bond motifs is 2. The van der Waals surface area contributed by atoms with Gasteiger partial charge in [0.2, 0.25) is 11.9 Å². The fraction of sp³-hybridized carbons (Fsp3) is 0.370. The normalized spacial score (nSPS) is 19.6. The van der Waals surface area contributed by atoms with Gasteiger partial charge in [-0.3, -0.25) is 4.90 Å². The number of guanidine groups is 2. The molecular formula is C27H29N5O2. The maximum Gasteiger partial charge on any atom is 0.344 e. The Morgan fingerprint density at radius 1 is 0.882 bits per heavy atom. The van der Waals surface area contributed by atoms with Gasteiger partial charge in [0.15, 0.2) is 0 Å². The lowest BCUT2D eigenvalue weighted by molar-refractivity contribution is 0.305. The maximum absolute atomic E-state index is 13.0. The Bertz CT molecular complexity index is 1400. The number of anilines is 1. The molecule has 2 aromatic carbocycles. The second kappa shape index (κ2) is 8.01. The van der Waals surface area contributed by atoms with Crippen molar-refractivity contribution in [2.45, 2.75) is 63.5 Å². The molecule has 174 valence electrons. The van der Waals surface area contributed by atoms with E-state index in [1.165, 1.54) is 30.4 Å². The summed E-state index contributed by atoms with van der Waals surface area (Å²) in [6.45, 7) is 0. The number of nitrogens with zero attached hydrogens (tertiary/aromatic N) is 3. The fourth-order valence-electron chi connectivity index (χ4n) is 5.84. The molecule has 6 rings (SSSR count). The van der Waals surface area contributed by atoms with Crippen LogP contribution in [-0.2, 0) is 12.8 Å². The molecule has 0 unspecified atom stereocenters. The third-order valence-corrected chi connectivity index (χ3v) is 7.49. The second-order valence-electron chi connectivity index (χ2n) is 9.68. The van der Waals surface area contributed by atoms with Gasteiger partial charge in [-0.25, -0.2) is 9.79 Å². The van der Waals surface area contributed by atoms with Gasteiger partial charge in [-0.05, 0) is 86.3 Å². The molecule has 4 N–H and O–H groups in total. The van der Waals surface area contributed by atoms with Gasteiger partial charge in [0.1, 0.15) is 11.2 Å². The first-order valence-electron chi connectivity index (χ1n) is 12.2. The molecule has 0 atom stereocenters. The van der Waals surface area contributed by atoms with Gasteiger partial charge in [-0.2, -0.15) is 4.99 Å². The van der Waals surface area contributed by atoms with Gasteiger partial charge in [0.25, 0.3) is 0 Å². The van der Waals surface area contributed by atoms with Crippen LogP contribution in [0.25, 0.3) is 22.1 Å². The zero-order chi connectivity index (χ0) is 23.3. The Balaban J connectivity index is 1.41. The van der Waals surface area contributed by atoms with Crippen molar-refractivity contribution in [1.29, 1.82) is 0 Å². The zero-order valence-electron chi connectivity index (χ0n) is 19.2. The highest BCUT2D eigenvalue weighted by Crippen LogP contribution is 2.40. The maximum atomic E-state index is 13.0. The molecule has 1 fully saturated rings. The van der Waals surface area contributed by atoms with Crippen molar-refractivity contribution < 1.29 is 4.42 Å². The van der Waals surface area contributed by atoms with Crippen LogP contribution in [0.2, 0.25) is 0 Å². The fourth-order valence-corrected chi connectivity index (χ4v) is 5.84. The van der Waals surface area contributed by atoms with Crippen LogP contribution in [0.1, 0.15) is 56.1 Å². The summed E-state index contributed by atoms with van der Waals surface area (Å²) in [5.74, 6) is 0.541. The van der Waals surface area contributed by atoms with E-state index in [4.69, 9.17) is 20.9 Å². The number of aliphatic imine (C=N–C) groups is 2. The molecule has 1 aromatic heterocycles. The van der Waals surface area contributed by atoms with Gasteiger partial charge in [0.05, 0.1) is 11.3 Å². The lowest BCUT2D eigenvalue weighted by Crippen LogP contribution is -2.58. The van der Waals surface area contributed by atoms with Crippen molar-refractivity contribution in [2.75, 3.05) is 4.90 Å². The van der Waals surface area contributed by atoms with Gasteiger partial charge >= 0.3 is 5.63 Å². The Labute approximate surface area is 198 Å². The molecule has 1 aliphatic heterocycles. The first kappa shape index (κ1) is 21.0. The summed E-state index contributed by atoms with van der Waals surface area (Å²) in [5.41, 5.74) is 17.0. The van der Waals surface area contributed by atoms with Crippen molar-refractivity contribution in [3.05, 3.63) is 64.0 Å². The van der Waals surface area contributed by atoms with Crippen molar-refractivity contribution in [3.63, 3.8) is 0 Å². The highest BCUT2D eigenvalue weighted by atomic mass is 16.4. The van der Waals surface area contributed by atoms with Crippen LogP contribution in [-0.4, -0.2) is 17.6 Å². The van der Waals surface area contributed by atoms with E-state index < -0.39 is 5.66 Å².